The summed E-state index contributed by atoms with van der Waals surface area (Å²) in [5.41, 5.74) is 7.13. The summed E-state index contributed by atoms with van der Waals surface area (Å²) >= 11 is 9.20. The van der Waals surface area contributed by atoms with Crippen LogP contribution in [0.1, 0.15) is 5.69 Å². The molecular weight excluding hydrogens is 314 g/mol. The monoisotopic (exact) mass is 323 g/mol. The number of hydrogen-bond acceptors (Lipinski definition) is 3. The van der Waals surface area contributed by atoms with Crippen LogP contribution >= 0.6 is 27.5 Å². The zero-order valence-electron chi connectivity index (χ0n) is 9.48. The van der Waals surface area contributed by atoms with E-state index in [-0.39, 0.29) is 0 Å². The molecule has 0 bridgehead atoms. The van der Waals surface area contributed by atoms with Crippen molar-refractivity contribution in [2.24, 2.45) is 5.73 Å². The molecule has 0 aliphatic heterocycles. The van der Waals surface area contributed by atoms with Gasteiger partial charge >= 0.3 is 0 Å². The van der Waals surface area contributed by atoms with Crippen LogP contribution in [-0.4, -0.2) is 15.8 Å². The van der Waals surface area contributed by atoms with Crippen LogP contribution in [-0.2, 0) is 0 Å². The lowest BCUT2D eigenvalue weighted by atomic mass is 10.1. The molecule has 0 saturated carbocycles. The van der Waals surface area contributed by atoms with E-state index in [4.69, 9.17) is 17.3 Å². The van der Waals surface area contributed by atoms with Crippen LogP contribution in [0.4, 0.5) is 0 Å². The van der Waals surface area contributed by atoms with Crippen molar-refractivity contribution in [1.82, 2.24) is 9.97 Å². The molecule has 0 aliphatic rings. The topological polar surface area (TPSA) is 51.8 Å². The summed E-state index contributed by atoms with van der Waals surface area (Å²) < 4.78 is 0.781. The van der Waals surface area contributed by atoms with Gasteiger partial charge < -0.3 is 5.73 Å². The summed E-state index contributed by atoms with van der Waals surface area (Å²) in [6.45, 7) is 0. The molecule has 0 radical (unpaired) electrons. The van der Waals surface area contributed by atoms with Gasteiger partial charge in [0.05, 0.1) is 5.69 Å². The van der Waals surface area contributed by atoms with E-state index in [0.29, 0.717) is 5.88 Å². The Balaban J connectivity index is 2.61. The first-order valence-electron chi connectivity index (χ1n) is 5.31. The average molecular weight is 325 g/mol. The molecule has 0 atom stereocenters. The molecule has 2 heterocycles. The van der Waals surface area contributed by atoms with Crippen molar-refractivity contribution >= 4 is 43.9 Å². The molecule has 0 amide bonds. The number of alkyl halides is 1. The number of hydrogen-bond donors (Lipinski definition) is 1. The second kappa shape index (κ2) is 5.98. The predicted molar refractivity (Wildman–Crippen MR) is 79.3 cm³/mol. The van der Waals surface area contributed by atoms with Crippen LogP contribution in [0.25, 0.3) is 16.3 Å². The highest BCUT2D eigenvalue weighted by Gasteiger charge is 2.06. The van der Waals surface area contributed by atoms with Crippen molar-refractivity contribution in [3.8, 4) is 0 Å². The number of rotatable bonds is 3. The molecule has 3 nitrogen and oxygen atoms in total. The summed E-state index contributed by atoms with van der Waals surface area (Å²) in [5.74, 6) is 0.407. The minimum Gasteiger partial charge on any atom is -0.405 e. The zero-order chi connectivity index (χ0) is 13.0. The van der Waals surface area contributed by atoms with E-state index < -0.39 is 0 Å². The Morgan fingerprint density at radius 3 is 3.06 bits per heavy atom. The molecule has 2 aromatic heterocycles. The number of pyridine rings is 2. The maximum absolute atomic E-state index is 5.74. The van der Waals surface area contributed by atoms with E-state index in [2.05, 4.69) is 25.9 Å². The Kier molecular flexibility index (Phi) is 4.33. The second-order valence-electron chi connectivity index (χ2n) is 3.57. The van der Waals surface area contributed by atoms with Gasteiger partial charge in [-0.1, -0.05) is 6.08 Å². The maximum Gasteiger partial charge on any atom is 0.114 e. The van der Waals surface area contributed by atoms with Gasteiger partial charge in [0.25, 0.3) is 0 Å². The quantitative estimate of drug-likeness (QED) is 0.534. The molecule has 92 valence electrons. The first-order valence-corrected chi connectivity index (χ1v) is 6.64. The van der Waals surface area contributed by atoms with E-state index in [9.17, 15) is 0 Å². The first-order chi connectivity index (χ1) is 8.76. The van der Waals surface area contributed by atoms with Crippen LogP contribution in [0.5, 0.6) is 0 Å². The zero-order valence-corrected chi connectivity index (χ0v) is 11.8. The van der Waals surface area contributed by atoms with Gasteiger partial charge in [-0.05, 0) is 45.9 Å². The lowest BCUT2D eigenvalue weighted by molar-refractivity contribution is 1.25. The van der Waals surface area contributed by atoms with E-state index in [1.54, 1.807) is 18.5 Å². The van der Waals surface area contributed by atoms with Crippen molar-refractivity contribution < 1.29 is 0 Å². The summed E-state index contributed by atoms with van der Waals surface area (Å²) in [4.78, 5) is 8.60. The predicted octanol–water partition coefficient (Wildman–Crippen LogP) is 3.49. The van der Waals surface area contributed by atoms with Crippen LogP contribution < -0.4 is 5.73 Å². The van der Waals surface area contributed by atoms with E-state index in [1.807, 2.05) is 18.2 Å². The van der Waals surface area contributed by atoms with Gasteiger partial charge in [-0.3, -0.25) is 4.98 Å². The van der Waals surface area contributed by atoms with Crippen LogP contribution in [0, 0.1) is 0 Å². The minimum absolute atomic E-state index is 0.407. The van der Waals surface area contributed by atoms with E-state index in [0.717, 1.165) is 26.6 Å². The number of halogens is 2. The van der Waals surface area contributed by atoms with E-state index in [1.165, 1.54) is 6.20 Å². The molecule has 0 spiro atoms. The highest BCUT2D eigenvalue weighted by molar-refractivity contribution is 9.10. The normalized spacial score (nSPS) is 12.4. The fraction of sp³-hybridized carbons (Fsp3) is 0.0769. The van der Waals surface area contributed by atoms with Crippen LogP contribution in [0.2, 0.25) is 0 Å². The van der Waals surface area contributed by atoms with Gasteiger partial charge in [-0.25, -0.2) is 4.98 Å². The van der Waals surface area contributed by atoms with Gasteiger partial charge in [0.2, 0.25) is 0 Å². The maximum atomic E-state index is 5.74. The molecule has 18 heavy (non-hydrogen) atoms. The van der Waals surface area contributed by atoms with Gasteiger partial charge in [0.15, 0.2) is 0 Å². The minimum atomic E-state index is 0.407. The lowest BCUT2D eigenvalue weighted by Crippen LogP contribution is -1.92. The van der Waals surface area contributed by atoms with E-state index >= 15 is 0 Å². The molecule has 0 aromatic carbocycles. The smallest absolute Gasteiger partial charge is 0.114 e. The van der Waals surface area contributed by atoms with Gasteiger partial charge in [0.1, 0.15) is 4.60 Å². The molecule has 5 heteroatoms. The molecule has 0 fully saturated rings. The largest absolute Gasteiger partial charge is 0.405 e. The molecule has 0 aliphatic carbocycles. The molecular formula is C13H11BrClN3. The van der Waals surface area contributed by atoms with Crippen LogP contribution in [0.3, 0.4) is 0 Å². The lowest BCUT2D eigenvalue weighted by Gasteiger charge is -2.06. The Labute approximate surface area is 119 Å². The standard InChI is InChI=1S/C13H11BrClN3/c14-13-11-3-6-17-8-10(11)7-12(18-13)9(1-4-15)2-5-16/h1-3,5-8H,4,16H2/b5-2-,9-1+. The fourth-order valence-electron chi connectivity index (χ4n) is 1.65. The second-order valence-corrected chi connectivity index (χ2v) is 4.63. The average Bonchev–Trinajstić information content (AvgIpc) is 2.38. The third-order valence-corrected chi connectivity index (χ3v) is 3.21. The number of nitrogens with zero attached hydrogens (tertiary/aromatic N) is 2. The Morgan fingerprint density at radius 2 is 2.33 bits per heavy atom. The SMILES string of the molecule is N/C=C\C(=C/CCl)c1cc2cnccc2c(Br)n1. The van der Waals surface area contributed by atoms with Crippen LogP contribution in [0.15, 0.2) is 47.5 Å². The third kappa shape index (κ3) is 2.71. The van der Waals surface area contributed by atoms with Crippen molar-refractivity contribution in [2.75, 3.05) is 5.88 Å². The molecule has 0 saturated heterocycles. The highest BCUT2D eigenvalue weighted by Crippen LogP contribution is 2.25. The number of allylic oxidation sites excluding steroid dienone is 3. The van der Waals surface area contributed by atoms with Crippen molar-refractivity contribution in [3.63, 3.8) is 0 Å². The number of aromatic nitrogens is 2. The molecule has 2 N–H and O–H groups in total. The van der Waals surface area contributed by atoms with Gasteiger partial charge in [0, 0.05) is 29.0 Å². The fourth-order valence-corrected chi connectivity index (χ4v) is 2.37. The summed E-state index contributed by atoms with van der Waals surface area (Å²) in [6, 6.07) is 3.88. The Morgan fingerprint density at radius 1 is 1.50 bits per heavy atom. The molecule has 0 unspecified atom stereocenters. The Hall–Kier alpha value is -1.39. The highest BCUT2D eigenvalue weighted by atomic mass is 79.9. The number of nitrogens with two attached hydrogens (primary N) is 1. The summed E-state index contributed by atoms with van der Waals surface area (Å²) in [5, 5.41) is 2.04. The van der Waals surface area contributed by atoms with Gasteiger partial charge in [-0.15, -0.1) is 11.6 Å². The van der Waals surface area contributed by atoms with Crippen molar-refractivity contribution in [3.05, 3.63) is 53.2 Å². The summed E-state index contributed by atoms with van der Waals surface area (Å²) in [6.07, 6.45) is 8.65. The molecule has 2 rings (SSSR count). The van der Waals surface area contributed by atoms with Crippen molar-refractivity contribution in [1.29, 1.82) is 0 Å². The summed E-state index contributed by atoms with van der Waals surface area (Å²) in [7, 11) is 0. The third-order valence-electron chi connectivity index (χ3n) is 2.45. The number of fused-ring (bicyclic) bond motifs is 1. The van der Waals surface area contributed by atoms with Crippen molar-refractivity contribution in [2.45, 2.75) is 0 Å². The van der Waals surface area contributed by atoms with Gasteiger partial charge in [-0.2, -0.15) is 0 Å². The first kappa shape index (κ1) is 13.1. The molecule has 2 aromatic rings. The Bertz CT molecular complexity index is 623.